The highest BCUT2D eigenvalue weighted by Crippen LogP contribution is 2.36. The summed E-state index contributed by atoms with van der Waals surface area (Å²) in [6.45, 7) is 12.3. The average molecular weight is 723 g/mol. The molecule has 1 atom stereocenters. The average Bonchev–Trinajstić information content (AvgIpc) is 3.03. The van der Waals surface area contributed by atoms with Crippen LogP contribution in [0.2, 0.25) is 5.02 Å². The van der Waals surface area contributed by atoms with Crippen molar-refractivity contribution >= 4 is 39.2 Å². The molecule has 0 saturated heterocycles. The predicted octanol–water partition coefficient (Wildman–Crippen LogP) is 9.11. The number of carbonyl (C=O) groups excluding carboxylic acids is 2. The minimum atomic E-state index is -4.19. The number of benzene rings is 5. The maximum Gasteiger partial charge on any atom is 0.266 e. The zero-order valence-electron chi connectivity index (χ0n) is 29.7. The second-order valence-corrected chi connectivity index (χ2v) is 15.3. The molecule has 5 aromatic carbocycles. The van der Waals surface area contributed by atoms with E-state index in [0.717, 1.165) is 38.9 Å². The Balaban J connectivity index is 1.42. The van der Waals surface area contributed by atoms with Crippen molar-refractivity contribution in [3.05, 3.63) is 146 Å². The Hall–Kier alpha value is -4.76. The molecule has 0 saturated carbocycles. The molecule has 5 aromatic rings. The van der Waals surface area contributed by atoms with Gasteiger partial charge in [-0.1, -0.05) is 89.5 Å². The van der Waals surface area contributed by atoms with Gasteiger partial charge in [0.1, 0.15) is 0 Å². The van der Waals surface area contributed by atoms with Crippen LogP contribution in [0.4, 0.5) is 5.69 Å². The van der Waals surface area contributed by atoms with E-state index >= 15 is 0 Å². The second-order valence-electron chi connectivity index (χ2n) is 13.3. The normalized spacial score (nSPS) is 12.0. The first kappa shape index (κ1) is 37.5. The highest BCUT2D eigenvalue weighted by molar-refractivity contribution is 7.85. The van der Waals surface area contributed by atoms with Gasteiger partial charge in [-0.2, -0.15) is 8.42 Å². The van der Waals surface area contributed by atoms with E-state index < -0.39 is 27.7 Å². The molecule has 3 N–H and O–H groups in total. The van der Waals surface area contributed by atoms with Gasteiger partial charge in [-0.25, -0.2) is 0 Å². The summed E-state index contributed by atoms with van der Waals surface area (Å²) in [4.78, 5) is 26.7. The Morgan fingerprint density at radius 3 is 1.80 bits per heavy atom. The van der Waals surface area contributed by atoms with Crippen LogP contribution in [0.3, 0.4) is 0 Å². The quantitative estimate of drug-likeness (QED) is 0.118. The minimum absolute atomic E-state index is 0.205. The van der Waals surface area contributed by atoms with Crippen molar-refractivity contribution in [3.8, 4) is 22.3 Å². The number of hydrogen-bond acceptors (Lipinski definition) is 4. The number of aryl methyl sites for hydroxylation is 6. The van der Waals surface area contributed by atoms with Gasteiger partial charge in [0.25, 0.3) is 16.0 Å². The standard InChI is InChI=1S/C42H43ClN2O5S/c1-25-19-27(3)39(28(4)20-25)33-13-11-32(12-14-33)37(23-31-7-9-34(10-8-31)41(46)44-17-18-51(48,49)50)42(47)45-35-15-16-36(38(43)24-35)40-29(5)21-26(2)22-30(40)6/h7-16,19-22,24,37H,17-18,23H2,1-6H3,(H,44,46)(H,45,47)(H,48,49,50). The third-order valence-corrected chi connectivity index (χ3v) is 10.1. The fourth-order valence-corrected chi connectivity index (χ4v) is 7.57. The molecule has 0 spiro atoms. The van der Waals surface area contributed by atoms with E-state index in [1.54, 1.807) is 30.3 Å². The van der Waals surface area contributed by atoms with Gasteiger partial charge in [0.2, 0.25) is 5.91 Å². The molecule has 0 aliphatic carbocycles. The molecule has 51 heavy (non-hydrogen) atoms. The second kappa shape index (κ2) is 15.6. The van der Waals surface area contributed by atoms with Crippen LogP contribution in [0.25, 0.3) is 22.3 Å². The zero-order chi connectivity index (χ0) is 37.0. The number of carbonyl (C=O) groups is 2. The molecule has 264 valence electrons. The molecule has 0 aliphatic heterocycles. The molecular formula is C42H43ClN2O5S. The highest BCUT2D eigenvalue weighted by Gasteiger charge is 2.23. The smallest absolute Gasteiger partial charge is 0.266 e. The lowest BCUT2D eigenvalue weighted by molar-refractivity contribution is -0.117. The summed E-state index contributed by atoms with van der Waals surface area (Å²) in [5.74, 6) is -1.82. The van der Waals surface area contributed by atoms with Gasteiger partial charge in [0.05, 0.1) is 16.7 Å². The van der Waals surface area contributed by atoms with Crippen molar-refractivity contribution in [3.63, 3.8) is 0 Å². The van der Waals surface area contributed by atoms with Crippen LogP contribution in [0.5, 0.6) is 0 Å². The topological polar surface area (TPSA) is 113 Å². The summed E-state index contributed by atoms with van der Waals surface area (Å²) in [6.07, 6.45) is 0.353. The van der Waals surface area contributed by atoms with Gasteiger partial charge in [0, 0.05) is 23.4 Å². The van der Waals surface area contributed by atoms with E-state index in [1.165, 1.54) is 27.8 Å². The summed E-state index contributed by atoms with van der Waals surface area (Å²) < 4.78 is 31.0. The Labute approximate surface area is 305 Å². The number of amides is 2. The molecule has 0 aliphatic rings. The van der Waals surface area contributed by atoms with Gasteiger partial charge in [-0.15, -0.1) is 0 Å². The first-order chi connectivity index (χ1) is 24.1. The summed E-state index contributed by atoms with van der Waals surface area (Å²) >= 11 is 6.84. The van der Waals surface area contributed by atoms with E-state index in [0.29, 0.717) is 22.7 Å². The van der Waals surface area contributed by atoms with Gasteiger partial charge >= 0.3 is 0 Å². The van der Waals surface area contributed by atoms with E-state index in [4.69, 9.17) is 16.2 Å². The molecular weight excluding hydrogens is 680 g/mol. The maximum absolute atomic E-state index is 14.1. The van der Waals surface area contributed by atoms with Gasteiger partial charge < -0.3 is 10.6 Å². The number of halogens is 1. The third-order valence-electron chi connectivity index (χ3n) is 9.08. The molecule has 5 rings (SSSR count). The van der Waals surface area contributed by atoms with Crippen LogP contribution >= 0.6 is 11.6 Å². The number of nitrogens with one attached hydrogen (secondary N) is 2. The van der Waals surface area contributed by atoms with Gasteiger partial charge in [0.15, 0.2) is 0 Å². The van der Waals surface area contributed by atoms with Crippen LogP contribution in [0.1, 0.15) is 60.8 Å². The molecule has 2 amide bonds. The van der Waals surface area contributed by atoms with E-state index in [2.05, 4.69) is 88.6 Å². The molecule has 0 aromatic heterocycles. The minimum Gasteiger partial charge on any atom is -0.351 e. The van der Waals surface area contributed by atoms with Crippen LogP contribution in [-0.2, 0) is 21.3 Å². The van der Waals surface area contributed by atoms with Crippen LogP contribution in [0.15, 0.2) is 91.0 Å². The van der Waals surface area contributed by atoms with Gasteiger partial charge in [-0.3, -0.25) is 14.1 Å². The van der Waals surface area contributed by atoms with E-state index in [1.807, 2.05) is 24.3 Å². The maximum atomic E-state index is 14.1. The van der Waals surface area contributed by atoms with Crippen LogP contribution in [0, 0.1) is 41.5 Å². The molecule has 0 heterocycles. The fourth-order valence-electron chi connectivity index (χ4n) is 6.93. The van der Waals surface area contributed by atoms with Crippen molar-refractivity contribution in [2.75, 3.05) is 17.6 Å². The van der Waals surface area contributed by atoms with Crippen molar-refractivity contribution in [1.29, 1.82) is 0 Å². The Kier molecular flexibility index (Phi) is 11.5. The molecule has 0 bridgehead atoms. The predicted molar refractivity (Wildman–Crippen MR) is 207 cm³/mol. The lowest BCUT2D eigenvalue weighted by Crippen LogP contribution is -2.28. The Morgan fingerprint density at radius 2 is 1.27 bits per heavy atom. The summed E-state index contributed by atoms with van der Waals surface area (Å²) in [6, 6.07) is 29.1. The summed E-state index contributed by atoms with van der Waals surface area (Å²) in [7, 11) is -4.19. The largest absolute Gasteiger partial charge is 0.351 e. The Morgan fingerprint density at radius 1 is 0.725 bits per heavy atom. The molecule has 7 nitrogen and oxygen atoms in total. The lowest BCUT2D eigenvalue weighted by Gasteiger charge is -2.20. The lowest BCUT2D eigenvalue weighted by atomic mass is 9.88. The number of anilines is 1. The molecule has 9 heteroatoms. The van der Waals surface area contributed by atoms with Crippen LogP contribution in [-0.4, -0.2) is 37.1 Å². The number of rotatable bonds is 11. The monoisotopic (exact) mass is 722 g/mol. The van der Waals surface area contributed by atoms with Crippen molar-refractivity contribution < 1.29 is 22.6 Å². The highest BCUT2D eigenvalue weighted by atomic mass is 35.5. The first-order valence-electron chi connectivity index (χ1n) is 16.8. The number of hydrogen-bond donors (Lipinski definition) is 3. The Bertz CT molecular complexity index is 2170. The van der Waals surface area contributed by atoms with Crippen LogP contribution < -0.4 is 10.6 Å². The summed E-state index contributed by atoms with van der Waals surface area (Å²) in [5, 5.41) is 6.13. The molecule has 0 radical (unpaired) electrons. The van der Waals surface area contributed by atoms with Gasteiger partial charge in [-0.05, 0) is 122 Å². The SMILES string of the molecule is Cc1cc(C)c(-c2ccc(C(Cc3ccc(C(=O)NCCS(=O)(=O)O)cc3)C(=O)Nc3ccc(-c4c(C)cc(C)cc4C)c(Cl)c3)cc2)c(C)c1. The molecule has 0 fully saturated rings. The van der Waals surface area contributed by atoms with E-state index in [-0.39, 0.29) is 12.5 Å². The van der Waals surface area contributed by atoms with Crippen molar-refractivity contribution in [1.82, 2.24) is 5.32 Å². The van der Waals surface area contributed by atoms with Crippen molar-refractivity contribution in [2.24, 2.45) is 0 Å². The zero-order valence-corrected chi connectivity index (χ0v) is 31.3. The third kappa shape index (κ3) is 9.33. The fraction of sp³-hybridized carbons (Fsp3) is 0.238. The van der Waals surface area contributed by atoms with E-state index in [9.17, 15) is 18.0 Å². The summed E-state index contributed by atoms with van der Waals surface area (Å²) in [5.41, 5.74) is 13.8. The molecule has 1 unspecified atom stereocenters. The van der Waals surface area contributed by atoms with Crippen molar-refractivity contribution in [2.45, 2.75) is 53.9 Å². The first-order valence-corrected chi connectivity index (χ1v) is 18.8.